The molecule has 5 rings (SSSR count). The molecule has 1 saturated heterocycles. The molecule has 14 heteroatoms. The number of allylic oxidation sites excluding steroid dienone is 2. The molecule has 9 nitrogen and oxygen atoms in total. The fraction of sp³-hybridized carbons (Fsp3) is 0.333. The van der Waals surface area contributed by atoms with Gasteiger partial charge in [-0.05, 0) is 56.7 Å². The summed E-state index contributed by atoms with van der Waals surface area (Å²) in [5, 5.41) is 12.8. The molecule has 246 valence electrons. The average molecular weight is 687 g/mol. The van der Waals surface area contributed by atoms with Crippen molar-refractivity contribution in [2.24, 2.45) is 5.92 Å². The van der Waals surface area contributed by atoms with E-state index in [9.17, 15) is 23.6 Å². The highest BCUT2D eigenvalue weighted by Gasteiger charge is 2.36. The standard InChI is InChI=1S/C33H32Cl2F3N7O2/c1-7-21(46)44-16(5)12-43(13-17(44)6)31-18-10-20(34)29(22-23(35)25(37)26(38)27(40)24(22)36)42-32(18)45(33(47)19(31)11-39)30-15(4)8-9-41-28(30)14(2)3/h7-10,14,16-17,28,41H,1,12-13,40H2,2-6H3/t16-,17+,28-/m1/s1. The molecule has 47 heavy (non-hydrogen) atoms. The normalized spacial score (nSPS) is 19.7. The molecular weight excluding hydrogens is 654 g/mol. The predicted octanol–water partition coefficient (Wildman–Crippen LogP) is 6.23. The number of piperazine rings is 1. The van der Waals surface area contributed by atoms with Gasteiger partial charge in [0.05, 0.1) is 38.7 Å². The van der Waals surface area contributed by atoms with Crippen LogP contribution in [0.3, 0.4) is 0 Å². The van der Waals surface area contributed by atoms with Crippen LogP contribution in [0.15, 0.2) is 41.4 Å². The molecule has 1 aromatic carbocycles. The fourth-order valence-corrected chi connectivity index (χ4v) is 7.01. The van der Waals surface area contributed by atoms with Gasteiger partial charge >= 0.3 is 0 Å². The van der Waals surface area contributed by atoms with Gasteiger partial charge in [-0.25, -0.2) is 18.2 Å². The van der Waals surface area contributed by atoms with Crippen molar-refractivity contribution >= 4 is 57.2 Å². The summed E-state index contributed by atoms with van der Waals surface area (Å²) in [6, 6.07) is 2.35. The number of nitriles is 1. The van der Waals surface area contributed by atoms with Gasteiger partial charge in [0.15, 0.2) is 17.5 Å². The first-order valence-corrected chi connectivity index (χ1v) is 15.6. The number of carbonyl (C=O) groups is 1. The molecule has 0 spiro atoms. The lowest BCUT2D eigenvalue weighted by Crippen LogP contribution is -2.58. The molecule has 0 aliphatic carbocycles. The number of pyridine rings is 2. The van der Waals surface area contributed by atoms with Gasteiger partial charge in [0, 0.05) is 30.6 Å². The Labute approximate surface area is 279 Å². The van der Waals surface area contributed by atoms with Gasteiger partial charge in [-0.2, -0.15) is 5.26 Å². The highest BCUT2D eigenvalue weighted by molar-refractivity contribution is 6.37. The molecule has 3 N–H and O–H groups in total. The summed E-state index contributed by atoms with van der Waals surface area (Å²) < 4.78 is 45.9. The average Bonchev–Trinajstić information content (AvgIpc) is 3.02. The van der Waals surface area contributed by atoms with Crippen LogP contribution in [0.1, 0.15) is 40.2 Å². The van der Waals surface area contributed by atoms with E-state index in [-0.39, 0.29) is 64.3 Å². The van der Waals surface area contributed by atoms with E-state index >= 15 is 4.39 Å². The Bertz CT molecular complexity index is 1980. The lowest BCUT2D eigenvalue weighted by atomic mass is 9.94. The van der Waals surface area contributed by atoms with E-state index in [0.29, 0.717) is 11.3 Å². The summed E-state index contributed by atoms with van der Waals surface area (Å²) in [4.78, 5) is 35.3. The number of rotatable bonds is 5. The minimum absolute atomic E-state index is 0.0378. The maximum Gasteiger partial charge on any atom is 0.276 e. The van der Waals surface area contributed by atoms with Gasteiger partial charge in [-0.15, -0.1) is 0 Å². The maximum absolute atomic E-state index is 15.5. The van der Waals surface area contributed by atoms with Gasteiger partial charge in [0.25, 0.3) is 5.56 Å². The Morgan fingerprint density at radius 2 is 1.83 bits per heavy atom. The topological polar surface area (TPSA) is 120 Å². The van der Waals surface area contributed by atoms with E-state index in [1.54, 1.807) is 24.1 Å². The molecule has 0 radical (unpaired) electrons. The molecular formula is C33H32Cl2F3N7O2. The van der Waals surface area contributed by atoms with E-state index in [1.165, 1.54) is 16.7 Å². The summed E-state index contributed by atoms with van der Waals surface area (Å²) in [6.45, 7) is 13.4. The molecule has 4 heterocycles. The summed E-state index contributed by atoms with van der Waals surface area (Å²) in [6.07, 6.45) is 4.74. The molecule has 0 saturated carbocycles. The van der Waals surface area contributed by atoms with Crippen LogP contribution in [-0.2, 0) is 4.79 Å². The second kappa shape index (κ2) is 12.6. The van der Waals surface area contributed by atoms with Gasteiger partial charge < -0.3 is 20.9 Å². The smallest absolute Gasteiger partial charge is 0.276 e. The van der Waals surface area contributed by atoms with Crippen LogP contribution in [-0.4, -0.2) is 51.6 Å². The monoisotopic (exact) mass is 685 g/mol. The fourth-order valence-electron chi connectivity index (χ4n) is 6.51. The summed E-state index contributed by atoms with van der Waals surface area (Å²) in [7, 11) is 0. The van der Waals surface area contributed by atoms with E-state index in [1.807, 2.05) is 32.6 Å². The van der Waals surface area contributed by atoms with Crippen molar-refractivity contribution in [1.82, 2.24) is 19.8 Å². The van der Waals surface area contributed by atoms with Crippen LogP contribution in [0.25, 0.3) is 28.0 Å². The number of amides is 1. The lowest BCUT2D eigenvalue weighted by molar-refractivity contribution is -0.130. The Hall–Kier alpha value is -4.47. The molecule has 2 aromatic heterocycles. The van der Waals surface area contributed by atoms with Crippen LogP contribution >= 0.6 is 23.2 Å². The number of dihydropyridines is 1. The van der Waals surface area contributed by atoms with Crippen molar-refractivity contribution in [3.63, 3.8) is 0 Å². The number of nitrogens with one attached hydrogen (secondary N) is 1. The number of hydrogen-bond donors (Lipinski definition) is 2. The number of fused-ring (bicyclic) bond motifs is 1. The predicted molar refractivity (Wildman–Crippen MR) is 178 cm³/mol. The Morgan fingerprint density at radius 3 is 2.40 bits per heavy atom. The molecule has 3 atom stereocenters. The molecule has 0 bridgehead atoms. The Kier molecular flexibility index (Phi) is 9.10. The third kappa shape index (κ3) is 5.41. The van der Waals surface area contributed by atoms with Crippen LogP contribution in [0.2, 0.25) is 10.0 Å². The van der Waals surface area contributed by atoms with Crippen molar-refractivity contribution in [2.45, 2.75) is 52.7 Å². The molecule has 2 aliphatic rings. The number of nitrogens with two attached hydrogens (primary N) is 1. The third-order valence-corrected chi connectivity index (χ3v) is 9.25. The van der Waals surface area contributed by atoms with Crippen LogP contribution < -0.4 is 21.5 Å². The number of anilines is 2. The van der Waals surface area contributed by atoms with Crippen LogP contribution in [0.4, 0.5) is 24.5 Å². The maximum atomic E-state index is 15.5. The van der Waals surface area contributed by atoms with Gasteiger partial charge in [0.2, 0.25) is 5.91 Å². The third-order valence-electron chi connectivity index (χ3n) is 8.60. The SMILES string of the molecule is C=CC(=O)N1[C@H](C)CN(c2c(C#N)c(=O)n(C3=C(C)C=CN[C@@H]3C(C)C)c3nc(-c4c(F)c(N)c(F)c(F)c4Cl)c(Cl)cc23)C[C@@H]1C. The highest BCUT2D eigenvalue weighted by atomic mass is 35.5. The number of nitrogens with zero attached hydrogens (tertiary/aromatic N) is 5. The Morgan fingerprint density at radius 1 is 1.19 bits per heavy atom. The van der Waals surface area contributed by atoms with Gasteiger partial charge in [0.1, 0.15) is 23.0 Å². The van der Waals surface area contributed by atoms with Gasteiger partial charge in [-0.3, -0.25) is 14.2 Å². The zero-order valence-corrected chi connectivity index (χ0v) is 27.8. The number of carbonyl (C=O) groups excluding carboxylic acids is 1. The Balaban J connectivity index is 1.92. The number of benzene rings is 1. The van der Waals surface area contributed by atoms with Crippen molar-refractivity contribution in [3.8, 4) is 17.3 Å². The van der Waals surface area contributed by atoms with Crippen molar-refractivity contribution in [1.29, 1.82) is 5.26 Å². The molecule has 1 amide bonds. The number of hydrogen-bond acceptors (Lipinski definition) is 7. The molecule has 3 aromatic rings. The second-order valence-corrected chi connectivity index (χ2v) is 12.8. The lowest BCUT2D eigenvalue weighted by Gasteiger charge is -2.45. The summed E-state index contributed by atoms with van der Waals surface area (Å²) >= 11 is 12.9. The molecule has 0 unspecified atom stereocenters. The first-order chi connectivity index (χ1) is 22.2. The first kappa shape index (κ1) is 33.9. The van der Waals surface area contributed by atoms with Crippen molar-refractivity contribution in [3.05, 3.63) is 80.0 Å². The first-order valence-electron chi connectivity index (χ1n) is 14.8. The van der Waals surface area contributed by atoms with E-state index in [4.69, 9.17) is 28.9 Å². The van der Waals surface area contributed by atoms with Crippen LogP contribution in [0, 0.1) is 34.7 Å². The number of nitrogen functional groups attached to an aromatic ring is 1. The quantitative estimate of drug-likeness (QED) is 0.142. The number of halogens is 5. The second-order valence-electron chi connectivity index (χ2n) is 12.1. The van der Waals surface area contributed by atoms with E-state index in [0.717, 1.165) is 0 Å². The molecule has 1 fully saturated rings. The minimum Gasteiger partial charge on any atom is -0.394 e. The van der Waals surface area contributed by atoms with E-state index < -0.39 is 51.0 Å². The van der Waals surface area contributed by atoms with Crippen molar-refractivity contribution < 1.29 is 18.0 Å². The molecule has 2 aliphatic heterocycles. The summed E-state index contributed by atoms with van der Waals surface area (Å²) in [5.74, 6) is -4.95. The zero-order valence-electron chi connectivity index (χ0n) is 26.3. The van der Waals surface area contributed by atoms with E-state index in [2.05, 4.69) is 22.9 Å². The zero-order chi connectivity index (χ0) is 34.6. The number of aromatic nitrogens is 2. The minimum atomic E-state index is -1.66. The van der Waals surface area contributed by atoms with Gasteiger partial charge in [-0.1, -0.05) is 43.6 Å². The largest absolute Gasteiger partial charge is 0.394 e. The van der Waals surface area contributed by atoms with Crippen LogP contribution in [0.5, 0.6) is 0 Å². The van der Waals surface area contributed by atoms with Crippen molar-refractivity contribution in [2.75, 3.05) is 23.7 Å². The highest BCUT2D eigenvalue weighted by Crippen LogP contribution is 2.43. The summed E-state index contributed by atoms with van der Waals surface area (Å²) in [5.41, 5.74) is 3.76.